The smallest absolute Gasteiger partial charge is 0.172 e. The first-order valence-corrected chi connectivity index (χ1v) is 35.5. The molecule has 100 heavy (non-hydrogen) atoms. The molecule has 19 aromatic rings. The summed E-state index contributed by atoms with van der Waals surface area (Å²) >= 11 is 0. The summed E-state index contributed by atoms with van der Waals surface area (Å²) in [6.07, 6.45) is 15.1. The van der Waals surface area contributed by atoms with Gasteiger partial charge in [0.1, 0.15) is 0 Å². The van der Waals surface area contributed by atoms with Gasteiger partial charge in [-0.25, -0.2) is 0 Å². The van der Waals surface area contributed by atoms with Crippen LogP contribution in [0.2, 0.25) is 0 Å². The van der Waals surface area contributed by atoms with E-state index in [1.54, 1.807) is 0 Å². The van der Waals surface area contributed by atoms with Crippen molar-refractivity contribution in [2.75, 3.05) is 0 Å². The predicted molar refractivity (Wildman–Crippen MR) is 419 cm³/mol. The monoisotopic (exact) mass is 1290 g/mol. The van der Waals surface area contributed by atoms with Crippen LogP contribution in [0.4, 0.5) is 0 Å². The van der Waals surface area contributed by atoms with Crippen molar-refractivity contribution in [3.8, 4) is 111 Å². The van der Waals surface area contributed by atoms with Crippen molar-refractivity contribution in [1.29, 1.82) is 0 Å². The summed E-state index contributed by atoms with van der Waals surface area (Å²) in [6.45, 7) is 0. The molecule has 19 rings (SSSR count). The van der Waals surface area contributed by atoms with E-state index in [9.17, 15) is 0 Å². The van der Waals surface area contributed by atoms with Crippen molar-refractivity contribution in [3.05, 3.63) is 359 Å². The molecular formula is C94H59N4OP. The molecule has 1 atom stereocenters. The lowest BCUT2D eigenvalue weighted by Crippen LogP contribution is -2.26. The lowest BCUT2D eigenvalue weighted by Gasteiger charge is -2.25. The number of pyridine rings is 4. The lowest BCUT2D eigenvalue weighted by molar-refractivity contribution is 0.593. The van der Waals surface area contributed by atoms with Gasteiger partial charge < -0.3 is 4.57 Å². The number of rotatable bonds is 13. The zero-order valence-electron chi connectivity index (χ0n) is 54.2. The van der Waals surface area contributed by atoms with Gasteiger partial charge in [0.25, 0.3) is 0 Å². The number of aromatic nitrogens is 4. The lowest BCUT2D eigenvalue weighted by atomic mass is 9.86. The summed E-state index contributed by atoms with van der Waals surface area (Å²) in [4.78, 5) is 18.2. The van der Waals surface area contributed by atoms with Gasteiger partial charge in [0.05, 0.1) is 0 Å². The summed E-state index contributed by atoms with van der Waals surface area (Å²) in [5.74, 6) is 0. The number of nitrogens with zero attached hydrogens (tertiary/aromatic N) is 4. The van der Waals surface area contributed by atoms with E-state index >= 15 is 4.57 Å². The normalized spacial score (nSPS) is 12.3. The minimum Gasteiger partial charge on any atom is -0.309 e. The minimum atomic E-state index is -3.59. The van der Waals surface area contributed by atoms with E-state index in [1.807, 2.05) is 92.0 Å². The van der Waals surface area contributed by atoms with E-state index in [0.717, 1.165) is 176 Å². The van der Waals surface area contributed by atoms with Gasteiger partial charge in [-0.15, -0.1) is 0 Å². The van der Waals surface area contributed by atoms with Crippen molar-refractivity contribution in [2.24, 2.45) is 0 Å². The van der Waals surface area contributed by atoms with Gasteiger partial charge in [-0.1, -0.05) is 194 Å². The Kier molecular flexibility index (Phi) is 14.1. The highest BCUT2D eigenvalue weighted by Gasteiger charge is 2.35. The second-order valence-electron chi connectivity index (χ2n) is 26.1. The Balaban J connectivity index is 0.823. The predicted octanol–water partition coefficient (Wildman–Crippen LogP) is 23.4. The van der Waals surface area contributed by atoms with Crippen LogP contribution in [0.5, 0.6) is 0 Å². The average molecular weight is 1290 g/mol. The first-order valence-electron chi connectivity index (χ1n) is 33.8. The molecule has 0 saturated heterocycles. The van der Waals surface area contributed by atoms with E-state index in [0.29, 0.717) is 0 Å². The number of benzene rings is 15. The van der Waals surface area contributed by atoms with Crippen molar-refractivity contribution < 1.29 is 4.57 Å². The third kappa shape index (κ3) is 10.1. The van der Waals surface area contributed by atoms with Gasteiger partial charge in [-0.2, -0.15) is 0 Å². The molecule has 6 heteroatoms. The van der Waals surface area contributed by atoms with E-state index in [4.69, 9.17) is 4.98 Å². The van der Waals surface area contributed by atoms with Crippen LogP contribution in [-0.2, 0) is 4.57 Å². The van der Waals surface area contributed by atoms with Gasteiger partial charge >= 0.3 is 0 Å². The standard InChI is InChI=1S/C94H59N4OP/c99-100(84-26-2-1-3-27-84,89-37-33-63-30-29-60-13-4-14-61-31-35-86(89)93(63)91(60)61)90-38-34-70-55-88(85-28-8-15-62-32-36-87(90)94(70)92(62)85)83-53-78(74-25-12-42-98-59-74)51-82(54-83)81-50-77(69-21-7-18-66(45-69)73-24-11-41-97-58-73)49-80(52-81)79-47-75(67-19-5-16-64(43-67)71-22-9-39-95-56-71)46-76(48-79)68-20-6-17-65(44-68)72-23-10-40-96-57-72/h1-59H. The topological polar surface area (TPSA) is 68.6 Å². The molecule has 466 valence electrons. The minimum absolute atomic E-state index is 0.806. The van der Waals surface area contributed by atoms with Crippen molar-refractivity contribution in [3.63, 3.8) is 0 Å². The molecule has 0 fully saturated rings. The van der Waals surface area contributed by atoms with Gasteiger partial charge in [-0.3, -0.25) is 19.9 Å². The molecule has 0 saturated carbocycles. The van der Waals surface area contributed by atoms with Crippen LogP contribution in [0.3, 0.4) is 0 Å². The second-order valence-corrected chi connectivity index (χ2v) is 28.8. The molecule has 0 spiro atoms. The summed E-state index contributed by atoms with van der Waals surface area (Å²) < 4.78 is 17.3. The van der Waals surface area contributed by atoms with Crippen molar-refractivity contribution in [2.45, 2.75) is 0 Å². The maximum absolute atomic E-state index is 17.3. The molecule has 0 radical (unpaired) electrons. The summed E-state index contributed by atoms with van der Waals surface area (Å²) in [5, 5.41) is 15.9. The Morgan fingerprint density at radius 3 is 0.940 bits per heavy atom. The highest BCUT2D eigenvalue weighted by molar-refractivity contribution is 7.86. The van der Waals surface area contributed by atoms with Gasteiger partial charge in [-0.05, 0) is 269 Å². The summed E-state index contributed by atoms with van der Waals surface area (Å²) in [5.41, 5.74) is 21.4. The van der Waals surface area contributed by atoms with Crippen LogP contribution in [0.15, 0.2) is 359 Å². The fourth-order valence-electron chi connectivity index (χ4n) is 15.5. The second kappa shape index (κ2) is 24.1. The SMILES string of the molecule is O=P(c1ccccc1)(c1ccc2ccc3cccc4ccc1c2c34)c1ccc2cc(-c3cc(-c4cccnc4)cc(-c4cc(-c5cccc(-c6cccnc6)c5)cc(-c5cc(-c6cccc(-c7cccnc7)c6)cc(-c6cccc(-c7cccnc7)c6)c5)c4)c3)c3cccc4ccc1c2c43. The number of hydrogen-bond acceptors (Lipinski definition) is 5. The van der Waals surface area contributed by atoms with Crippen LogP contribution in [-0.4, -0.2) is 19.9 Å². The van der Waals surface area contributed by atoms with Crippen molar-refractivity contribution >= 4 is 87.7 Å². The van der Waals surface area contributed by atoms with E-state index in [2.05, 4.69) is 282 Å². The van der Waals surface area contributed by atoms with Crippen LogP contribution < -0.4 is 15.9 Å². The molecule has 0 aliphatic rings. The van der Waals surface area contributed by atoms with Crippen molar-refractivity contribution in [1.82, 2.24) is 19.9 Å². The Morgan fingerprint density at radius 2 is 0.500 bits per heavy atom. The Bertz CT molecular complexity index is 6300. The first kappa shape index (κ1) is 58.6. The van der Waals surface area contributed by atoms with Gasteiger partial charge in [0.2, 0.25) is 0 Å². The van der Waals surface area contributed by atoms with E-state index < -0.39 is 7.14 Å². The Labute approximate surface area is 578 Å². The molecule has 0 aliphatic heterocycles. The quantitative estimate of drug-likeness (QED) is 0.0850. The third-order valence-corrected chi connectivity index (χ3v) is 23.4. The third-order valence-electron chi connectivity index (χ3n) is 20.3. The molecule has 5 nitrogen and oxygen atoms in total. The molecule has 4 aromatic heterocycles. The summed E-state index contributed by atoms with van der Waals surface area (Å²) in [7, 11) is -3.59. The molecule has 4 heterocycles. The molecule has 0 N–H and O–H groups in total. The zero-order chi connectivity index (χ0) is 66.3. The number of hydrogen-bond donors (Lipinski definition) is 0. The van der Waals surface area contributed by atoms with E-state index in [1.165, 1.54) is 16.2 Å². The Morgan fingerprint density at radius 1 is 0.200 bits per heavy atom. The van der Waals surface area contributed by atoms with Crippen LogP contribution in [0, 0.1) is 0 Å². The molecular weight excluding hydrogens is 1230 g/mol. The first-order chi connectivity index (χ1) is 49.4. The molecule has 0 bridgehead atoms. The molecule has 15 aromatic carbocycles. The Hall–Kier alpha value is -12.8. The summed E-state index contributed by atoms with van der Waals surface area (Å²) in [6, 6.07) is 112. The fourth-order valence-corrected chi connectivity index (χ4v) is 18.5. The highest BCUT2D eigenvalue weighted by Crippen LogP contribution is 2.51. The molecule has 1 unspecified atom stereocenters. The van der Waals surface area contributed by atoms with Crippen LogP contribution in [0.1, 0.15) is 0 Å². The average Bonchev–Trinajstić information content (AvgIpc) is 0.705. The zero-order valence-corrected chi connectivity index (χ0v) is 55.1. The maximum Gasteiger partial charge on any atom is 0.172 e. The van der Waals surface area contributed by atoms with Crippen LogP contribution >= 0.6 is 7.14 Å². The highest BCUT2D eigenvalue weighted by atomic mass is 31.2. The fraction of sp³-hybridized carbons (Fsp3) is 0. The van der Waals surface area contributed by atoms with Gasteiger partial charge in [0.15, 0.2) is 7.14 Å². The maximum atomic E-state index is 17.3. The van der Waals surface area contributed by atoms with E-state index in [-0.39, 0.29) is 0 Å². The molecule has 0 amide bonds. The van der Waals surface area contributed by atoms with Crippen LogP contribution in [0.25, 0.3) is 176 Å². The van der Waals surface area contributed by atoms with Gasteiger partial charge in [0, 0.05) is 87.7 Å². The molecule has 0 aliphatic carbocycles. The largest absolute Gasteiger partial charge is 0.309 e.